The number of aliphatic hydroxyl groups excluding tert-OH is 1. The minimum atomic E-state index is 0.00969. The first-order valence-corrected chi connectivity index (χ1v) is 4.58. The lowest BCUT2D eigenvalue weighted by molar-refractivity contribution is 0.0803. The quantitative estimate of drug-likeness (QED) is 0.617. The lowest BCUT2D eigenvalue weighted by atomic mass is 10.2. The number of aromatic nitrogens is 3. The molecule has 0 aromatic carbocycles. The minimum Gasteiger partial charge on any atom is -0.394 e. The SMILES string of the molecule is Nc1cc2c(COCCO)[nH]nc2cn1. The second-order valence-electron chi connectivity index (χ2n) is 3.10. The predicted octanol–water partition coefficient (Wildman–Crippen LogP) is 0.0490. The van der Waals surface area contributed by atoms with Crippen molar-refractivity contribution in [2.75, 3.05) is 18.9 Å². The van der Waals surface area contributed by atoms with Gasteiger partial charge < -0.3 is 15.6 Å². The Balaban J connectivity index is 2.23. The minimum absolute atomic E-state index is 0.00969. The molecule has 0 unspecified atom stereocenters. The van der Waals surface area contributed by atoms with Crippen LogP contribution in [0, 0.1) is 0 Å². The van der Waals surface area contributed by atoms with E-state index in [0.29, 0.717) is 19.0 Å². The second-order valence-corrected chi connectivity index (χ2v) is 3.10. The van der Waals surface area contributed by atoms with Gasteiger partial charge in [-0.2, -0.15) is 5.10 Å². The molecule has 0 aliphatic heterocycles. The van der Waals surface area contributed by atoms with Crippen LogP contribution in [-0.2, 0) is 11.3 Å². The van der Waals surface area contributed by atoms with E-state index < -0.39 is 0 Å². The molecule has 0 saturated heterocycles. The number of ether oxygens (including phenoxy) is 1. The van der Waals surface area contributed by atoms with Crippen LogP contribution in [0.25, 0.3) is 10.9 Å². The van der Waals surface area contributed by atoms with E-state index in [0.717, 1.165) is 16.6 Å². The summed E-state index contributed by atoms with van der Waals surface area (Å²) in [6.07, 6.45) is 1.61. The molecule has 0 radical (unpaired) electrons. The Morgan fingerprint density at radius 3 is 3.20 bits per heavy atom. The molecule has 0 aliphatic rings. The van der Waals surface area contributed by atoms with Crippen molar-refractivity contribution in [2.24, 2.45) is 0 Å². The van der Waals surface area contributed by atoms with Crippen molar-refractivity contribution in [3.63, 3.8) is 0 Å². The molecule has 15 heavy (non-hydrogen) atoms. The molecule has 80 valence electrons. The maximum atomic E-state index is 8.57. The number of nitrogens with one attached hydrogen (secondary N) is 1. The maximum absolute atomic E-state index is 8.57. The van der Waals surface area contributed by atoms with Crippen molar-refractivity contribution in [2.45, 2.75) is 6.61 Å². The Morgan fingerprint density at radius 1 is 1.53 bits per heavy atom. The van der Waals surface area contributed by atoms with Gasteiger partial charge in [-0.25, -0.2) is 4.98 Å². The fraction of sp³-hybridized carbons (Fsp3) is 0.333. The van der Waals surface area contributed by atoms with Crippen molar-refractivity contribution in [3.8, 4) is 0 Å². The number of aromatic amines is 1. The molecule has 6 heteroatoms. The van der Waals surface area contributed by atoms with Gasteiger partial charge in [0.25, 0.3) is 0 Å². The smallest absolute Gasteiger partial charge is 0.124 e. The number of anilines is 1. The van der Waals surface area contributed by atoms with Gasteiger partial charge in [-0.3, -0.25) is 5.10 Å². The average Bonchev–Trinajstić information content (AvgIpc) is 2.62. The molecule has 4 N–H and O–H groups in total. The standard InChI is InChI=1S/C9H12N4O2/c10-9-3-6-7(4-11-9)12-13-8(6)5-15-2-1-14/h3-4,14H,1-2,5H2,(H2,10,11)(H,12,13). The lowest BCUT2D eigenvalue weighted by Crippen LogP contribution is -2.00. The zero-order valence-electron chi connectivity index (χ0n) is 8.10. The van der Waals surface area contributed by atoms with Gasteiger partial charge in [0.2, 0.25) is 0 Å². The third kappa shape index (κ3) is 2.05. The molecule has 0 saturated carbocycles. The summed E-state index contributed by atoms with van der Waals surface area (Å²) < 4.78 is 5.19. The number of hydrogen-bond donors (Lipinski definition) is 3. The fourth-order valence-electron chi connectivity index (χ4n) is 1.33. The Labute approximate surface area is 86.1 Å². The summed E-state index contributed by atoms with van der Waals surface area (Å²) in [4.78, 5) is 3.93. The number of nitrogen functional groups attached to an aromatic ring is 1. The molecule has 0 atom stereocenters. The third-order valence-electron chi connectivity index (χ3n) is 2.02. The van der Waals surface area contributed by atoms with Crippen LogP contribution in [0.3, 0.4) is 0 Å². The number of nitrogens with two attached hydrogens (primary N) is 1. The van der Waals surface area contributed by atoms with Crippen LogP contribution in [0.5, 0.6) is 0 Å². The van der Waals surface area contributed by atoms with Crippen LogP contribution in [0.4, 0.5) is 5.82 Å². The van der Waals surface area contributed by atoms with E-state index in [1.165, 1.54) is 0 Å². The van der Waals surface area contributed by atoms with Crippen LogP contribution < -0.4 is 5.73 Å². The van der Waals surface area contributed by atoms with E-state index in [-0.39, 0.29) is 6.61 Å². The highest BCUT2D eigenvalue weighted by atomic mass is 16.5. The Kier molecular flexibility index (Phi) is 2.79. The van der Waals surface area contributed by atoms with Gasteiger partial charge in [-0.15, -0.1) is 0 Å². The van der Waals surface area contributed by atoms with Crippen molar-refractivity contribution in [1.82, 2.24) is 15.2 Å². The zero-order valence-corrected chi connectivity index (χ0v) is 8.10. The number of hydrogen-bond acceptors (Lipinski definition) is 5. The molecule has 0 fully saturated rings. The van der Waals surface area contributed by atoms with Gasteiger partial charge >= 0.3 is 0 Å². The van der Waals surface area contributed by atoms with Crippen LogP contribution in [0.2, 0.25) is 0 Å². The van der Waals surface area contributed by atoms with Crippen molar-refractivity contribution in [3.05, 3.63) is 18.0 Å². The number of nitrogens with zero attached hydrogens (tertiary/aromatic N) is 2. The van der Waals surface area contributed by atoms with Crippen LogP contribution in [-0.4, -0.2) is 33.5 Å². The average molecular weight is 208 g/mol. The summed E-state index contributed by atoms with van der Waals surface area (Å²) >= 11 is 0. The predicted molar refractivity (Wildman–Crippen MR) is 55.0 cm³/mol. The van der Waals surface area contributed by atoms with E-state index in [9.17, 15) is 0 Å². The molecular weight excluding hydrogens is 196 g/mol. The van der Waals surface area contributed by atoms with E-state index in [2.05, 4.69) is 15.2 Å². The highest BCUT2D eigenvalue weighted by molar-refractivity contribution is 5.82. The first kappa shape index (κ1) is 9.88. The third-order valence-corrected chi connectivity index (χ3v) is 2.02. The number of pyridine rings is 1. The van der Waals surface area contributed by atoms with Crippen LogP contribution in [0.1, 0.15) is 5.69 Å². The Hall–Kier alpha value is -1.66. The Morgan fingerprint density at radius 2 is 2.40 bits per heavy atom. The van der Waals surface area contributed by atoms with Gasteiger partial charge in [-0.1, -0.05) is 0 Å². The van der Waals surface area contributed by atoms with E-state index in [1.54, 1.807) is 12.3 Å². The molecular formula is C9H12N4O2. The summed E-state index contributed by atoms with van der Waals surface area (Å²) in [5, 5.41) is 16.4. The fourth-order valence-corrected chi connectivity index (χ4v) is 1.33. The summed E-state index contributed by atoms with van der Waals surface area (Å²) in [5.74, 6) is 0.451. The summed E-state index contributed by atoms with van der Waals surface area (Å²) in [5.41, 5.74) is 7.17. The summed E-state index contributed by atoms with van der Waals surface area (Å²) in [7, 11) is 0. The normalized spacial score (nSPS) is 11.0. The largest absolute Gasteiger partial charge is 0.394 e. The lowest BCUT2D eigenvalue weighted by Gasteiger charge is -2.00. The monoisotopic (exact) mass is 208 g/mol. The van der Waals surface area contributed by atoms with E-state index in [1.807, 2.05) is 0 Å². The van der Waals surface area contributed by atoms with Gasteiger partial charge in [0.05, 0.1) is 31.7 Å². The van der Waals surface area contributed by atoms with E-state index in [4.69, 9.17) is 15.6 Å². The molecule has 2 aromatic rings. The van der Waals surface area contributed by atoms with Gasteiger partial charge in [-0.05, 0) is 6.07 Å². The first-order valence-electron chi connectivity index (χ1n) is 4.58. The second kappa shape index (κ2) is 4.24. The maximum Gasteiger partial charge on any atom is 0.124 e. The van der Waals surface area contributed by atoms with Crippen LogP contribution in [0.15, 0.2) is 12.3 Å². The molecule has 6 nitrogen and oxygen atoms in total. The number of rotatable bonds is 4. The van der Waals surface area contributed by atoms with Gasteiger partial charge in [0.1, 0.15) is 11.3 Å². The number of H-pyrrole nitrogens is 1. The van der Waals surface area contributed by atoms with Crippen molar-refractivity contribution < 1.29 is 9.84 Å². The van der Waals surface area contributed by atoms with Crippen molar-refractivity contribution >= 4 is 16.7 Å². The number of aliphatic hydroxyl groups is 1. The zero-order chi connectivity index (χ0) is 10.7. The topological polar surface area (TPSA) is 97.1 Å². The summed E-state index contributed by atoms with van der Waals surface area (Å²) in [6, 6.07) is 1.75. The van der Waals surface area contributed by atoms with E-state index >= 15 is 0 Å². The molecule has 0 aliphatic carbocycles. The molecule has 2 rings (SSSR count). The van der Waals surface area contributed by atoms with Crippen molar-refractivity contribution in [1.29, 1.82) is 0 Å². The van der Waals surface area contributed by atoms with Crippen LogP contribution >= 0.6 is 0 Å². The highest BCUT2D eigenvalue weighted by Crippen LogP contribution is 2.17. The summed E-state index contributed by atoms with van der Waals surface area (Å²) in [6.45, 7) is 0.692. The number of fused-ring (bicyclic) bond motifs is 1. The van der Waals surface area contributed by atoms with Gasteiger partial charge in [0.15, 0.2) is 0 Å². The molecule has 0 bridgehead atoms. The van der Waals surface area contributed by atoms with Gasteiger partial charge in [0, 0.05) is 5.39 Å². The highest BCUT2D eigenvalue weighted by Gasteiger charge is 2.05. The Bertz CT molecular complexity index is 454. The molecule has 0 amide bonds. The molecule has 2 aromatic heterocycles. The first-order chi connectivity index (χ1) is 7.31. The molecule has 0 spiro atoms. The molecule has 2 heterocycles.